The molecule has 17 heavy (non-hydrogen) atoms. The summed E-state index contributed by atoms with van der Waals surface area (Å²) in [5, 5.41) is 0. The fraction of sp³-hybridized carbons (Fsp3) is 1.00. The van der Waals surface area contributed by atoms with Crippen LogP contribution >= 0.6 is 15.9 Å². The number of rotatable bonds is 13. The molecule has 1 atom stereocenters. The lowest BCUT2D eigenvalue weighted by atomic mass is 10.3. The Morgan fingerprint density at radius 1 is 0.647 bits per heavy atom. The Morgan fingerprint density at radius 2 is 1.12 bits per heavy atom. The highest BCUT2D eigenvalue weighted by atomic mass is 32.0. The Morgan fingerprint density at radius 3 is 1.59 bits per heavy atom. The minimum Gasteiger partial charge on any atom is -0.0960 e. The summed E-state index contributed by atoms with van der Waals surface area (Å²) in [5.74, 6) is 0. The summed E-state index contributed by atoms with van der Waals surface area (Å²) < 4.78 is 0. The smallest absolute Gasteiger partial charge is 0.0289 e. The van der Waals surface area contributed by atoms with Crippen molar-refractivity contribution in [3.8, 4) is 0 Å². The first-order valence-corrected chi connectivity index (χ1v) is 11.6. The van der Waals surface area contributed by atoms with Crippen LogP contribution in [0.3, 0.4) is 0 Å². The van der Waals surface area contributed by atoms with Gasteiger partial charge in [-0.2, -0.15) is 0 Å². The second-order valence-corrected chi connectivity index (χ2v) is 10.7. The van der Waals surface area contributed by atoms with Crippen molar-refractivity contribution in [2.75, 3.05) is 18.5 Å². The SMILES string of the molecule is CCCCCPP(CCCCC)CCCCC. The van der Waals surface area contributed by atoms with E-state index in [1.807, 2.05) is 0 Å². The standard InChI is InChI=1S/C15H34P2/c1-4-7-10-13-16-17(14-11-8-5-2)15-12-9-6-3/h16H,4-15H2,1-3H3. The zero-order chi connectivity index (χ0) is 12.8. The molecule has 2 heteroatoms. The molecule has 0 bridgehead atoms. The van der Waals surface area contributed by atoms with E-state index in [-0.39, 0.29) is 0 Å². The van der Waals surface area contributed by atoms with E-state index in [1.54, 1.807) is 12.3 Å². The lowest BCUT2D eigenvalue weighted by Crippen LogP contribution is -1.89. The average Bonchev–Trinajstić information content (AvgIpc) is 2.34. The third kappa shape index (κ3) is 13.1. The van der Waals surface area contributed by atoms with Gasteiger partial charge in [0, 0.05) is 0 Å². The van der Waals surface area contributed by atoms with Crippen LogP contribution in [0.15, 0.2) is 0 Å². The van der Waals surface area contributed by atoms with Gasteiger partial charge in [-0.15, -0.1) is 0 Å². The van der Waals surface area contributed by atoms with E-state index >= 15 is 0 Å². The van der Waals surface area contributed by atoms with Crippen LogP contribution in [0.1, 0.15) is 78.6 Å². The first-order valence-electron chi connectivity index (χ1n) is 7.83. The van der Waals surface area contributed by atoms with Gasteiger partial charge in [0.2, 0.25) is 0 Å². The van der Waals surface area contributed by atoms with Crippen LogP contribution in [0.4, 0.5) is 0 Å². The molecule has 0 aromatic rings. The molecule has 0 saturated heterocycles. The molecule has 0 rings (SSSR count). The van der Waals surface area contributed by atoms with Crippen LogP contribution in [0.5, 0.6) is 0 Å². The summed E-state index contributed by atoms with van der Waals surface area (Å²) in [4.78, 5) is 0. The van der Waals surface area contributed by atoms with Crippen LogP contribution in [0, 0.1) is 0 Å². The summed E-state index contributed by atoms with van der Waals surface area (Å²) in [7, 11) is 1.75. The Labute approximate surface area is 113 Å². The van der Waals surface area contributed by atoms with Gasteiger partial charge in [0.1, 0.15) is 0 Å². The van der Waals surface area contributed by atoms with E-state index < -0.39 is 0 Å². The minimum absolute atomic E-state index is 0.427. The molecule has 0 aromatic heterocycles. The van der Waals surface area contributed by atoms with E-state index in [0.29, 0.717) is 7.61 Å². The van der Waals surface area contributed by atoms with Crippen molar-refractivity contribution >= 4 is 15.9 Å². The van der Waals surface area contributed by atoms with Crippen molar-refractivity contribution in [3.05, 3.63) is 0 Å². The van der Waals surface area contributed by atoms with Crippen molar-refractivity contribution in [3.63, 3.8) is 0 Å². The Balaban J connectivity index is 3.60. The highest BCUT2D eigenvalue weighted by Gasteiger charge is 2.06. The van der Waals surface area contributed by atoms with Crippen molar-refractivity contribution in [1.82, 2.24) is 0 Å². The van der Waals surface area contributed by atoms with Gasteiger partial charge >= 0.3 is 0 Å². The summed E-state index contributed by atoms with van der Waals surface area (Å²) in [6.07, 6.45) is 17.8. The van der Waals surface area contributed by atoms with Gasteiger partial charge in [-0.1, -0.05) is 75.2 Å². The zero-order valence-corrected chi connectivity index (χ0v) is 14.3. The number of unbranched alkanes of at least 4 members (excludes halogenated alkanes) is 6. The third-order valence-corrected chi connectivity index (χ3v) is 9.27. The first kappa shape index (κ1) is 17.9. The second kappa shape index (κ2) is 14.9. The normalized spacial score (nSPS) is 12.0. The lowest BCUT2D eigenvalue weighted by Gasteiger charge is -2.17. The highest BCUT2D eigenvalue weighted by Crippen LogP contribution is 2.56. The van der Waals surface area contributed by atoms with Crippen molar-refractivity contribution < 1.29 is 0 Å². The predicted molar refractivity (Wildman–Crippen MR) is 88.4 cm³/mol. The monoisotopic (exact) mass is 276 g/mol. The lowest BCUT2D eigenvalue weighted by molar-refractivity contribution is 0.764. The van der Waals surface area contributed by atoms with Crippen LogP contribution in [-0.4, -0.2) is 18.5 Å². The average molecular weight is 276 g/mol. The maximum Gasteiger partial charge on any atom is -0.0289 e. The maximum absolute atomic E-state index is 2.32. The number of hydrogen-bond acceptors (Lipinski definition) is 0. The van der Waals surface area contributed by atoms with Gasteiger partial charge in [-0.05, 0) is 37.7 Å². The molecular formula is C15H34P2. The van der Waals surface area contributed by atoms with Crippen molar-refractivity contribution in [2.45, 2.75) is 78.6 Å². The molecule has 0 aliphatic rings. The quantitative estimate of drug-likeness (QED) is 0.261. The molecule has 0 spiro atoms. The van der Waals surface area contributed by atoms with E-state index in [4.69, 9.17) is 0 Å². The molecule has 104 valence electrons. The molecule has 0 amide bonds. The molecule has 1 unspecified atom stereocenters. The highest BCUT2D eigenvalue weighted by molar-refractivity contribution is 8.21. The molecule has 0 fully saturated rings. The molecule has 0 nitrogen and oxygen atoms in total. The number of hydrogen-bond donors (Lipinski definition) is 0. The van der Waals surface area contributed by atoms with Gasteiger partial charge < -0.3 is 0 Å². The summed E-state index contributed by atoms with van der Waals surface area (Å²) in [6, 6.07) is 0. The molecule has 0 heterocycles. The van der Waals surface area contributed by atoms with Crippen LogP contribution in [0.25, 0.3) is 0 Å². The van der Waals surface area contributed by atoms with Gasteiger partial charge in [0.25, 0.3) is 0 Å². The van der Waals surface area contributed by atoms with Crippen LogP contribution in [0.2, 0.25) is 0 Å². The maximum atomic E-state index is 2.32. The van der Waals surface area contributed by atoms with Crippen LogP contribution < -0.4 is 0 Å². The predicted octanol–water partition coefficient (Wildman–Crippen LogP) is 6.63. The molecule has 0 aromatic carbocycles. The Kier molecular flexibility index (Phi) is 15.7. The molecule has 0 N–H and O–H groups in total. The molecule has 0 aliphatic carbocycles. The van der Waals surface area contributed by atoms with E-state index in [2.05, 4.69) is 20.8 Å². The summed E-state index contributed by atoms with van der Waals surface area (Å²) in [6.45, 7) is 6.96. The Bertz CT molecular complexity index is 127. The van der Waals surface area contributed by atoms with Crippen molar-refractivity contribution in [2.24, 2.45) is 0 Å². The molecular weight excluding hydrogens is 242 g/mol. The zero-order valence-electron chi connectivity index (χ0n) is 12.4. The minimum atomic E-state index is 0.427. The fourth-order valence-electron chi connectivity index (χ4n) is 1.99. The fourth-order valence-corrected chi connectivity index (χ4v) is 7.78. The Hall–Kier alpha value is 0.860. The van der Waals surface area contributed by atoms with Gasteiger partial charge in [-0.25, -0.2) is 0 Å². The van der Waals surface area contributed by atoms with Gasteiger partial charge in [-0.3, -0.25) is 0 Å². The van der Waals surface area contributed by atoms with E-state index in [9.17, 15) is 0 Å². The third-order valence-electron chi connectivity index (χ3n) is 3.18. The summed E-state index contributed by atoms with van der Waals surface area (Å²) in [5.41, 5.74) is 0. The van der Waals surface area contributed by atoms with E-state index in [1.165, 1.54) is 72.2 Å². The van der Waals surface area contributed by atoms with E-state index in [0.717, 1.165) is 0 Å². The largest absolute Gasteiger partial charge is 0.0960 e. The van der Waals surface area contributed by atoms with Crippen LogP contribution in [-0.2, 0) is 0 Å². The van der Waals surface area contributed by atoms with Gasteiger partial charge in [0.05, 0.1) is 0 Å². The topological polar surface area (TPSA) is 0 Å². The second-order valence-electron chi connectivity index (χ2n) is 5.02. The molecule has 0 aliphatic heterocycles. The van der Waals surface area contributed by atoms with Gasteiger partial charge in [0.15, 0.2) is 0 Å². The van der Waals surface area contributed by atoms with Crippen molar-refractivity contribution in [1.29, 1.82) is 0 Å². The first-order chi connectivity index (χ1) is 8.35. The molecule has 0 radical (unpaired) electrons. The molecule has 0 saturated carbocycles. The summed E-state index contributed by atoms with van der Waals surface area (Å²) >= 11 is 0.